The Bertz CT molecular complexity index is 1220. The third-order valence-electron chi connectivity index (χ3n) is 4.57. The van der Waals surface area contributed by atoms with Crippen molar-refractivity contribution in [1.29, 1.82) is 0 Å². The second kappa shape index (κ2) is 9.97. The molecule has 2 aromatic carbocycles. The minimum atomic E-state index is -0.189. The van der Waals surface area contributed by atoms with E-state index in [0.717, 1.165) is 28.1 Å². The molecule has 0 fully saturated rings. The smallest absolute Gasteiger partial charge is 0.277 e. The molecule has 0 aliphatic carbocycles. The van der Waals surface area contributed by atoms with E-state index >= 15 is 0 Å². The van der Waals surface area contributed by atoms with Crippen LogP contribution in [0.15, 0.2) is 57.5 Å². The zero-order chi connectivity index (χ0) is 22.5. The van der Waals surface area contributed by atoms with Crippen molar-refractivity contribution in [2.24, 2.45) is 0 Å². The Hall–Kier alpha value is -3.17. The molecule has 0 saturated heterocycles. The largest absolute Gasteiger partial charge is 0.484 e. The number of hydrogen-bond donors (Lipinski definition) is 1. The highest BCUT2D eigenvalue weighted by molar-refractivity contribution is 7.99. The number of amides is 1. The fraction of sp³-hybridized carbons (Fsp3) is 0.217. The first-order chi connectivity index (χ1) is 15.5. The van der Waals surface area contributed by atoms with Crippen molar-refractivity contribution in [2.45, 2.75) is 32.6 Å². The van der Waals surface area contributed by atoms with Gasteiger partial charge in [0.2, 0.25) is 5.91 Å². The molecule has 164 valence electrons. The van der Waals surface area contributed by atoms with Crippen LogP contribution in [0.1, 0.15) is 22.6 Å². The third kappa shape index (κ3) is 5.74. The number of benzene rings is 2. The summed E-state index contributed by atoms with van der Waals surface area (Å²) in [6.07, 6.45) is 0. The summed E-state index contributed by atoms with van der Waals surface area (Å²) in [5.74, 6) is 1.09. The van der Waals surface area contributed by atoms with Crippen molar-refractivity contribution >= 4 is 34.1 Å². The SMILES string of the molecule is Cc1ccc(-c2csc(NC(=O)CSc3nnc(COc4cc(C)ccc4C)o3)n2)cc1. The first kappa shape index (κ1) is 22.0. The predicted octanol–water partition coefficient (Wildman–Crippen LogP) is 5.43. The zero-order valence-corrected chi connectivity index (χ0v) is 19.5. The lowest BCUT2D eigenvalue weighted by atomic mass is 10.1. The van der Waals surface area contributed by atoms with Gasteiger partial charge in [0.05, 0.1) is 11.4 Å². The van der Waals surface area contributed by atoms with Gasteiger partial charge in [0.25, 0.3) is 11.1 Å². The van der Waals surface area contributed by atoms with Crippen LogP contribution in [0.25, 0.3) is 11.3 Å². The van der Waals surface area contributed by atoms with Gasteiger partial charge in [-0.3, -0.25) is 4.79 Å². The van der Waals surface area contributed by atoms with Gasteiger partial charge in [0.15, 0.2) is 11.7 Å². The Kier molecular flexibility index (Phi) is 6.87. The van der Waals surface area contributed by atoms with Gasteiger partial charge in [-0.1, -0.05) is 53.7 Å². The molecule has 0 aliphatic rings. The molecule has 7 nitrogen and oxygen atoms in total. The van der Waals surface area contributed by atoms with Gasteiger partial charge in [-0.15, -0.1) is 21.5 Å². The number of thioether (sulfide) groups is 1. The minimum absolute atomic E-state index is 0.138. The molecule has 1 amide bonds. The van der Waals surface area contributed by atoms with E-state index < -0.39 is 0 Å². The summed E-state index contributed by atoms with van der Waals surface area (Å²) in [6, 6.07) is 14.1. The van der Waals surface area contributed by atoms with Crippen molar-refractivity contribution in [1.82, 2.24) is 15.2 Å². The number of anilines is 1. The Labute approximate surface area is 194 Å². The Morgan fingerprint density at radius 2 is 1.88 bits per heavy atom. The molecule has 0 unspecified atom stereocenters. The van der Waals surface area contributed by atoms with Crippen molar-refractivity contribution in [3.63, 3.8) is 0 Å². The Morgan fingerprint density at radius 1 is 1.09 bits per heavy atom. The maximum absolute atomic E-state index is 12.3. The van der Waals surface area contributed by atoms with Crippen LogP contribution in [-0.4, -0.2) is 26.8 Å². The van der Waals surface area contributed by atoms with E-state index in [0.29, 0.717) is 16.2 Å². The molecule has 9 heteroatoms. The predicted molar refractivity (Wildman–Crippen MR) is 126 cm³/mol. The molecule has 2 heterocycles. The Morgan fingerprint density at radius 3 is 2.69 bits per heavy atom. The van der Waals surface area contributed by atoms with Crippen LogP contribution in [0, 0.1) is 20.8 Å². The molecule has 4 rings (SSSR count). The average Bonchev–Trinajstić information content (AvgIpc) is 3.43. The van der Waals surface area contributed by atoms with Crippen LogP contribution in [0.3, 0.4) is 0 Å². The number of hydrogen-bond acceptors (Lipinski definition) is 8. The summed E-state index contributed by atoms with van der Waals surface area (Å²) in [7, 11) is 0. The van der Waals surface area contributed by atoms with Crippen LogP contribution in [0.5, 0.6) is 5.75 Å². The zero-order valence-electron chi connectivity index (χ0n) is 17.9. The van der Waals surface area contributed by atoms with Crippen LogP contribution in [0.2, 0.25) is 0 Å². The van der Waals surface area contributed by atoms with Gasteiger partial charge >= 0.3 is 0 Å². The number of thiazole rings is 1. The number of nitrogens with one attached hydrogen (secondary N) is 1. The fourth-order valence-electron chi connectivity index (χ4n) is 2.83. The summed E-state index contributed by atoms with van der Waals surface area (Å²) >= 11 is 2.56. The number of nitrogens with zero attached hydrogens (tertiary/aromatic N) is 3. The van der Waals surface area contributed by atoms with E-state index in [1.807, 2.05) is 68.6 Å². The molecule has 0 aliphatic heterocycles. The van der Waals surface area contributed by atoms with Crippen LogP contribution < -0.4 is 10.1 Å². The van der Waals surface area contributed by atoms with Gasteiger partial charge in [0, 0.05) is 10.9 Å². The van der Waals surface area contributed by atoms with E-state index in [4.69, 9.17) is 9.15 Å². The first-order valence-corrected chi connectivity index (χ1v) is 11.8. The second-order valence-electron chi connectivity index (χ2n) is 7.26. The summed E-state index contributed by atoms with van der Waals surface area (Å²) in [6.45, 7) is 6.20. The lowest BCUT2D eigenvalue weighted by molar-refractivity contribution is -0.113. The topological polar surface area (TPSA) is 90.1 Å². The summed E-state index contributed by atoms with van der Waals surface area (Å²) in [5, 5.41) is 13.6. The maximum Gasteiger partial charge on any atom is 0.277 e. The van der Waals surface area contributed by atoms with E-state index in [1.54, 1.807) is 0 Å². The fourth-order valence-corrected chi connectivity index (χ4v) is 4.14. The van der Waals surface area contributed by atoms with Crippen LogP contribution in [-0.2, 0) is 11.4 Å². The highest BCUT2D eigenvalue weighted by atomic mass is 32.2. The quantitative estimate of drug-likeness (QED) is 0.346. The van der Waals surface area contributed by atoms with Gasteiger partial charge in [-0.05, 0) is 38.0 Å². The molecule has 2 aromatic heterocycles. The van der Waals surface area contributed by atoms with Crippen molar-refractivity contribution < 1.29 is 13.9 Å². The van der Waals surface area contributed by atoms with E-state index in [-0.39, 0.29) is 18.3 Å². The highest BCUT2D eigenvalue weighted by Crippen LogP contribution is 2.26. The van der Waals surface area contributed by atoms with Gasteiger partial charge in [-0.25, -0.2) is 4.98 Å². The molecule has 0 radical (unpaired) electrons. The van der Waals surface area contributed by atoms with Gasteiger partial charge in [0.1, 0.15) is 5.75 Å². The number of rotatable bonds is 8. The summed E-state index contributed by atoms with van der Waals surface area (Å²) in [5.41, 5.74) is 5.20. The molecule has 4 aromatic rings. The van der Waals surface area contributed by atoms with E-state index in [1.165, 1.54) is 28.7 Å². The normalized spacial score (nSPS) is 10.8. The van der Waals surface area contributed by atoms with E-state index in [9.17, 15) is 4.79 Å². The molecule has 0 saturated carbocycles. The highest BCUT2D eigenvalue weighted by Gasteiger charge is 2.13. The van der Waals surface area contributed by atoms with Gasteiger partial charge < -0.3 is 14.5 Å². The lowest BCUT2D eigenvalue weighted by Crippen LogP contribution is -2.13. The number of carbonyl (C=O) groups excluding carboxylic acids is 1. The Balaban J connectivity index is 1.26. The van der Waals surface area contributed by atoms with Crippen LogP contribution in [0.4, 0.5) is 5.13 Å². The average molecular weight is 467 g/mol. The lowest BCUT2D eigenvalue weighted by Gasteiger charge is -2.07. The number of carbonyl (C=O) groups is 1. The molecule has 0 atom stereocenters. The molecule has 32 heavy (non-hydrogen) atoms. The standard InChI is InChI=1S/C23H22N4O3S2/c1-14-5-8-17(9-6-14)18-12-31-22(24-18)25-20(28)13-32-23-27-26-21(30-23)11-29-19-10-15(2)4-7-16(19)3/h4-10,12H,11,13H2,1-3H3,(H,24,25,28). The number of aromatic nitrogens is 3. The minimum Gasteiger partial charge on any atom is -0.484 e. The van der Waals surface area contributed by atoms with E-state index in [2.05, 4.69) is 20.5 Å². The third-order valence-corrected chi connectivity index (χ3v) is 6.14. The number of ether oxygens (including phenoxy) is 1. The number of aryl methyl sites for hydroxylation is 3. The molecule has 0 spiro atoms. The van der Waals surface area contributed by atoms with Crippen molar-refractivity contribution in [2.75, 3.05) is 11.1 Å². The molecular weight excluding hydrogens is 444 g/mol. The molecule has 1 N–H and O–H groups in total. The summed E-state index contributed by atoms with van der Waals surface area (Å²) < 4.78 is 11.3. The maximum atomic E-state index is 12.3. The van der Waals surface area contributed by atoms with Gasteiger partial charge in [-0.2, -0.15) is 0 Å². The first-order valence-electron chi connectivity index (χ1n) is 9.94. The monoisotopic (exact) mass is 466 g/mol. The van der Waals surface area contributed by atoms with Crippen LogP contribution >= 0.6 is 23.1 Å². The summed E-state index contributed by atoms with van der Waals surface area (Å²) in [4.78, 5) is 16.8. The second-order valence-corrected chi connectivity index (χ2v) is 9.04. The van der Waals surface area contributed by atoms with Crippen molar-refractivity contribution in [3.8, 4) is 17.0 Å². The molecule has 0 bridgehead atoms. The van der Waals surface area contributed by atoms with Crippen molar-refractivity contribution in [3.05, 3.63) is 70.4 Å². The molecular formula is C23H22N4O3S2.